The van der Waals surface area contributed by atoms with Gasteiger partial charge in [-0.3, -0.25) is 4.98 Å². The number of aryl methyl sites for hydroxylation is 1. The number of aromatic nitrogens is 2. The van der Waals surface area contributed by atoms with Crippen molar-refractivity contribution in [2.24, 2.45) is 5.73 Å². The molecule has 0 spiro atoms. The van der Waals surface area contributed by atoms with Gasteiger partial charge in [0.1, 0.15) is 0 Å². The number of hydrogen-bond donors (Lipinski definition) is 1. The van der Waals surface area contributed by atoms with Crippen LogP contribution in [0.3, 0.4) is 0 Å². The lowest BCUT2D eigenvalue weighted by molar-refractivity contribution is 0.297. The quantitative estimate of drug-likeness (QED) is 0.788. The van der Waals surface area contributed by atoms with Crippen molar-refractivity contribution in [2.45, 2.75) is 19.4 Å². The number of nitrogens with two attached hydrogens (primary N) is 1. The van der Waals surface area contributed by atoms with Crippen molar-refractivity contribution in [2.75, 3.05) is 6.61 Å². The van der Waals surface area contributed by atoms with Crippen LogP contribution < -0.4 is 10.5 Å². The summed E-state index contributed by atoms with van der Waals surface area (Å²) < 4.78 is 5.51. The van der Waals surface area contributed by atoms with Gasteiger partial charge in [0.05, 0.1) is 24.7 Å². The molecule has 0 unspecified atom stereocenters. The summed E-state index contributed by atoms with van der Waals surface area (Å²) in [7, 11) is 0. The molecule has 0 aliphatic carbocycles. The molecule has 0 amide bonds. The zero-order chi connectivity index (χ0) is 12.6. The van der Waals surface area contributed by atoms with Crippen LogP contribution in [0.5, 0.6) is 5.88 Å². The fourth-order valence-electron chi connectivity index (χ4n) is 1.62. The Labute approximate surface area is 107 Å². The molecule has 0 atom stereocenters. The standard InChI is InChI=1S/C14H17N3O/c15-9-13-10-17-14(11-16-13)18-8-4-7-12-5-2-1-3-6-12/h1-3,5-6,10-11H,4,7-9,15H2. The molecule has 2 rings (SSSR count). The van der Waals surface area contributed by atoms with Gasteiger partial charge in [-0.05, 0) is 18.4 Å². The topological polar surface area (TPSA) is 61.0 Å². The molecule has 4 heteroatoms. The van der Waals surface area contributed by atoms with Crippen molar-refractivity contribution < 1.29 is 4.74 Å². The molecule has 0 aliphatic rings. The summed E-state index contributed by atoms with van der Waals surface area (Å²) in [6.45, 7) is 1.05. The Kier molecular flexibility index (Phi) is 4.67. The van der Waals surface area contributed by atoms with Crippen LogP contribution in [0.4, 0.5) is 0 Å². The van der Waals surface area contributed by atoms with E-state index in [1.807, 2.05) is 18.2 Å². The normalized spacial score (nSPS) is 10.3. The SMILES string of the molecule is NCc1cnc(OCCCc2ccccc2)cn1. The Hall–Kier alpha value is -1.94. The first-order valence-corrected chi connectivity index (χ1v) is 6.06. The molecule has 4 nitrogen and oxygen atoms in total. The van der Waals surface area contributed by atoms with Crippen LogP contribution in [0.15, 0.2) is 42.7 Å². The Morgan fingerprint density at radius 3 is 2.56 bits per heavy atom. The van der Waals surface area contributed by atoms with Gasteiger partial charge in [-0.2, -0.15) is 0 Å². The van der Waals surface area contributed by atoms with E-state index >= 15 is 0 Å². The van der Waals surface area contributed by atoms with Gasteiger partial charge in [-0.25, -0.2) is 4.98 Å². The third kappa shape index (κ3) is 3.82. The maximum Gasteiger partial charge on any atom is 0.232 e. The molecule has 1 heterocycles. The van der Waals surface area contributed by atoms with Crippen molar-refractivity contribution in [3.05, 3.63) is 54.0 Å². The van der Waals surface area contributed by atoms with E-state index in [-0.39, 0.29) is 0 Å². The minimum atomic E-state index is 0.404. The van der Waals surface area contributed by atoms with Gasteiger partial charge in [-0.1, -0.05) is 30.3 Å². The number of nitrogens with zero attached hydrogens (tertiary/aromatic N) is 2. The molecule has 1 aromatic carbocycles. The molecular weight excluding hydrogens is 226 g/mol. The first-order chi connectivity index (χ1) is 8.88. The summed E-state index contributed by atoms with van der Waals surface area (Å²) in [5.74, 6) is 0.556. The maximum absolute atomic E-state index is 5.51. The van der Waals surface area contributed by atoms with Crippen molar-refractivity contribution >= 4 is 0 Å². The van der Waals surface area contributed by atoms with Crippen LogP contribution >= 0.6 is 0 Å². The molecule has 2 N–H and O–H groups in total. The van der Waals surface area contributed by atoms with E-state index in [2.05, 4.69) is 22.1 Å². The lowest BCUT2D eigenvalue weighted by Crippen LogP contribution is -2.04. The minimum Gasteiger partial charge on any atom is -0.477 e. The molecule has 0 saturated carbocycles. The fraction of sp³-hybridized carbons (Fsp3) is 0.286. The van der Waals surface area contributed by atoms with Crippen LogP contribution in [0.25, 0.3) is 0 Å². The van der Waals surface area contributed by atoms with Crippen molar-refractivity contribution in [3.63, 3.8) is 0 Å². The third-order valence-electron chi connectivity index (χ3n) is 2.59. The molecule has 18 heavy (non-hydrogen) atoms. The zero-order valence-corrected chi connectivity index (χ0v) is 10.2. The van der Waals surface area contributed by atoms with Crippen molar-refractivity contribution in [1.82, 2.24) is 9.97 Å². The predicted molar refractivity (Wildman–Crippen MR) is 70.2 cm³/mol. The molecule has 0 radical (unpaired) electrons. The Morgan fingerprint density at radius 1 is 1.06 bits per heavy atom. The van der Waals surface area contributed by atoms with Crippen LogP contribution in [0.1, 0.15) is 17.7 Å². The maximum atomic E-state index is 5.51. The second-order valence-corrected chi connectivity index (χ2v) is 3.99. The molecule has 0 fully saturated rings. The molecule has 94 valence electrons. The van der Waals surface area contributed by atoms with E-state index in [9.17, 15) is 0 Å². The molecule has 0 aliphatic heterocycles. The lowest BCUT2D eigenvalue weighted by atomic mass is 10.1. The zero-order valence-electron chi connectivity index (χ0n) is 10.2. The Bertz CT molecular complexity index is 456. The Morgan fingerprint density at radius 2 is 1.89 bits per heavy atom. The monoisotopic (exact) mass is 243 g/mol. The fourth-order valence-corrected chi connectivity index (χ4v) is 1.62. The van der Waals surface area contributed by atoms with Gasteiger partial charge in [-0.15, -0.1) is 0 Å². The smallest absolute Gasteiger partial charge is 0.232 e. The second-order valence-electron chi connectivity index (χ2n) is 3.99. The number of rotatable bonds is 6. The van der Waals surface area contributed by atoms with Crippen LogP contribution in [0, 0.1) is 0 Å². The van der Waals surface area contributed by atoms with E-state index in [4.69, 9.17) is 10.5 Å². The van der Waals surface area contributed by atoms with Crippen molar-refractivity contribution in [3.8, 4) is 5.88 Å². The first-order valence-electron chi connectivity index (χ1n) is 6.06. The second kappa shape index (κ2) is 6.71. The highest BCUT2D eigenvalue weighted by atomic mass is 16.5. The van der Waals surface area contributed by atoms with Crippen LogP contribution in [-0.4, -0.2) is 16.6 Å². The van der Waals surface area contributed by atoms with Gasteiger partial charge in [0.25, 0.3) is 0 Å². The Balaban J connectivity index is 1.72. The van der Waals surface area contributed by atoms with E-state index in [1.165, 1.54) is 5.56 Å². The molecule has 0 bridgehead atoms. The van der Waals surface area contributed by atoms with Gasteiger partial charge < -0.3 is 10.5 Å². The molecule has 1 aromatic heterocycles. The van der Waals surface area contributed by atoms with Gasteiger partial charge >= 0.3 is 0 Å². The number of ether oxygens (including phenoxy) is 1. The summed E-state index contributed by atoms with van der Waals surface area (Å²) in [4.78, 5) is 8.25. The largest absolute Gasteiger partial charge is 0.477 e. The van der Waals surface area contributed by atoms with Gasteiger partial charge in [0.15, 0.2) is 0 Å². The third-order valence-corrected chi connectivity index (χ3v) is 2.59. The van der Waals surface area contributed by atoms with E-state index in [0.717, 1.165) is 18.5 Å². The van der Waals surface area contributed by atoms with E-state index in [1.54, 1.807) is 12.4 Å². The lowest BCUT2D eigenvalue weighted by Gasteiger charge is -2.05. The minimum absolute atomic E-state index is 0.404. The average Bonchev–Trinajstić information content (AvgIpc) is 2.45. The van der Waals surface area contributed by atoms with E-state index < -0.39 is 0 Å². The molecule has 0 saturated heterocycles. The van der Waals surface area contributed by atoms with Gasteiger partial charge in [0.2, 0.25) is 5.88 Å². The highest BCUT2D eigenvalue weighted by molar-refractivity contribution is 5.14. The average molecular weight is 243 g/mol. The predicted octanol–water partition coefficient (Wildman–Crippen LogP) is 1.95. The highest BCUT2D eigenvalue weighted by Crippen LogP contribution is 2.06. The summed E-state index contributed by atoms with van der Waals surface area (Å²) in [6.07, 6.45) is 5.23. The van der Waals surface area contributed by atoms with Crippen molar-refractivity contribution in [1.29, 1.82) is 0 Å². The van der Waals surface area contributed by atoms with Crippen LogP contribution in [0.2, 0.25) is 0 Å². The van der Waals surface area contributed by atoms with Crippen LogP contribution in [-0.2, 0) is 13.0 Å². The molecule has 2 aromatic rings. The highest BCUT2D eigenvalue weighted by Gasteiger charge is 1.97. The number of benzene rings is 1. The number of hydrogen-bond acceptors (Lipinski definition) is 4. The summed E-state index contributed by atoms with van der Waals surface area (Å²) in [5.41, 5.74) is 7.54. The van der Waals surface area contributed by atoms with Gasteiger partial charge in [0, 0.05) is 6.54 Å². The summed E-state index contributed by atoms with van der Waals surface area (Å²) >= 11 is 0. The molecular formula is C14H17N3O. The first kappa shape index (κ1) is 12.5. The summed E-state index contributed by atoms with van der Waals surface area (Å²) in [5, 5.41) is 0. The summed E-state index contributed by atoms with van der Waals surface area (Å²) in [6, 6.07) is 10.4. The van der Waals surface area contributed by atoms with E-state index in [0.29, 0.717) is 19.0 Å².